The average Bonchev–Trinajstić information content (AvgIpc) is 1.45. The van der Waals surface area contributed by atoms with E-state index >= 15 is 0 Å². The highest BCUT2D eigenvalue weighted by Crippen LogP contribution is 2.25. The third-order valence-electron chi connectivity index (χ3n) is 0. The van der Waals surface area contributed by atoms with Crippen molar-refractivity contribution in [2.24, 2.45) is 0 Å². The lowest BCUT2D eigenvalue weighted by atomic mass is 11.5. The van der Waals surface area contributed by atoms with Crippen LogP contribution < -0.4 is 0 Å². The Hall–Kier alpha value is -0.563. The molecule has 9 N–H and O–H groups in total. The van der Waals surface area contributed by atoms with Crippen LogP contribution >= 0.6 is 7.82 Å². The maximum absolute atomic E-state index is 8.88. The molecule has 0 aliphatic heterocycles. The second-order valence-electron chi connectivity index (χ2n) is 1.40. The van der Waals surface area contributed by atoms with Crippen LogP contribution in [0.15, 0.2) is 0 Å². The Labute approximate surface area is 77.5 Å². The minimum Gasteiger partial charge on any atom is -0.450 e. The van der Waals surface area contributed by atoms with E-state index in [1.54, 1.807) is 0 Å². The molecule has 11 nitrogen and oxygen atoms in total. The highest BCUT2D eigenvalue weighted by atomic mass is 31.2. The Morgan fingerprint density at radius 2 is 0.929 bits per heavy atom. The second-order valence-corrected chi connectivity index (χ2v) is 3.62. The van der Waals surface area contributed by atoms with E-state index in [0.29, 0.717) is 0 Å². The van der Waals surface area contributed by atoms with Crippen LogP contribution in [0.3, 0.4) is 0 Å². The molecule has 0 unspecified atom stereocenters. The molecule has 14 heavy (non-hydrogen) atoms. The highest BCUT2D eigenvalue weighted by molar-refractivity contribution is 7.45. The summed E-state index contributed by atoms with van der Waals surface area (Å²) in [6, 6.07) is 0. The summed E-state index contributed by atoms with van der Waals surface area (Å²) in [5, 5.41) is 13.9. The third kappa shape index (κ3) is 3930. The van der Waals surface area contributed by atoms with E-state index in [1.165, 1.54) is 0 Å². The summed E-state index contributed by atoms with van der Waals surface area (Å²) < 4.78 is 8.88. The number of carbonyl (C=O) groups is 1. The zero-order chi connectivity index (χ0) is 12.6. The molecule has 13 heteroatoms. The first-order valence-electron chi connectivity index (χ1n) is 2.33. The van der Waals surface area contributed by atoms with Gasteiger partial charge >= 0.3 is 23.0 Å². The molecule has 0 aliphatic carbocycles. The molecule has 0 heterocycles. The van der Waals surface area contributed by atoms with Gasteiger partial charge in [0.2, 0.25) is 0 Å². The van der Waals surface area contributed by atoms with E-state index in [1.807, 2.05) is 0 Å². The number of hydrogen-bond donors (Lipinski definition) is 9. The van der Waals surface area contributed by atoms with Crippen molar-refractivity contribution in [1.29, 1.82) is 0 Å². The molecule has 88 valence electrons. The van der Waals surface area contributed by atoms with E-state index in [4.69, 9.17) is 53.4 Å². The smallest absolute Gasteiger partial charge is 0.450 e. The van der Waals surface area contributed by atoms with Gasteiger partial charge in [0, 0.05) is 0 Å². The van der Waals surface area contributed by atoms with Crippen LogP contribution in [0, 0.1) is 0 Å². The van der Waals surface area contributed by atoms with Crippen molar-refractivity contribution in [2.45, 2.75) is 0 Å². The summed E-state index contributed by atoms with van der Waals surface area (Å²) in [6.45, 7) is 0. The largest absolute Gasteiger partial charge is 0.668 e. The number of hydrogen-bond acceptors (Lipinski definition) is 6. The van der Waals surface area contributed by atoms with Crippen LogP contribution in [0.2, 0.25) is 0 Å². The topological polar surface area (TPSA) is 216 Å². The molecule has 0 fully saturated rings. The van der Waals surface area contributed by atoms with Gasteiger partial charge in [-0.1, -0.05) is 0 Å². The van der Waals surface area contributed by atoms with Crippen molar-refractivity contribution >= 4 is 23.0 Å². The predicted molar refractivity (Wildman–Crippen MR) is 39.5 cm³/mol. The molecule has 0 aliphatic rings. The van der Waals surface area contributed by atoms with Crippen molar-refractivity contribution in [3.05, 3.63) is 0 Å². The van der Waals surface area contributed by atoms with Crippen LogP contribution in [0.4, 0.5) is 4.79 Å². The molecule has 0 aromatic heterocycles. The predicted octanol–water partition coefficient (Wildman–Crippen LogP) is -3.31. The van der Waals surface area contributed by atoms with Gasteiger partial charge in [0.05, 0.1) is 0 Å². The first-order chi connectivity index (χ1) is 5.73. The fourth-order valence-corrected chi connectivity index (χ4v) is 0. The standard InChI is InChI=1S/CH2O3.H3O4P.H4O4Si/c2-1(3)4;2*1-5(2,3)4/h(H2,2,3,4);(H3,1,2,3,4);1-4H. The molecule has 0 bridgehead atoms. The van der Waals surface area contributed by atoms with Crippen molar-refractivity contribution in [2.75, 3.05) is 0 Å². The lowest BCUT2D eigenvalue weighted by molar-refractivity contribution is 0.117. The van der Waals surface area contributed by atoms with Gasteiger partial charge in [0.15, 0.2) is 0 Å². The summed E-state index contributed by atoms with van der Waals surface area (Å²) >= 11 is 0. The lowest BCUT2D eigenvalue weighted by Crippen LogP contribution is -2.33. The molecular formula is CH9O11PSi. The van der Waals surface area contributed by atoms with Gasteiger partial charge in [-0.2, -0.15) is 0 Å². The van der Waals surface area contributed by atoms with Gasteiger partial charge in [-0.15, -0.1) is 0 Å². The zero-order valence-electron chi connectivity index (χ0n) is 6.29. The normalized spacial score (nSPS) is 10.2. The van der Waals surface area contributed by atoms with Crippen LogP contribution in [-0.4, -0.2) is 59.3 Å². The van der Waals surface area contributed by atoms with Crippen LogP contribution in [0.25, 0.3) is 0 Å². The van der Waals surface area contributed by atoms with Crippen molar-refractivity contribution in [3.8, 4) is 0 Å². The molecular weight excluding hydrogens is 247 g/mol. The maximum Gasteiger partial charge on any atom is 0.668 e. The Kier molecular flexibility index (Phi) is 10.6. The summed E-state index contributed by atoms with van der Waals surface area (Å²) in [5.74, 6) is 0. The van der Waals surface area contributed by atoms with E-state index < -0.39 is 23.0 Å². The Balaban J connectivity index is -0.000000131. The highest BCUT2D eigenvalue weighted by Gasteiger charge is 2.22. The molecule has 0 amide bonds. The van der Waals surface area contributed by atoms with Gasteiger partial charge in [-0.05, 0) is 0 Å². The molecule has 0 saturated carbocycles. The SMILES string of the molecule is O=C(O)O.O=P(O)(O)O.O[Si](O)(O)O. The van der Waals surface area contributed by atoms with Gasteiger partial charge in [0.25, 0.3) is 0 Å². The Morgan fingerprint density at radius 1 is 0.929 bits per heavy atom. The minimum absolute atomic E-state index is 1.83. The van der Waals surface area contributed by atoms with Gasteiger partial charge in [0.1, 0.15) is 0 Å². The van der Waals surface area contributed by atoms with Crippen LogP contribution in [0.1, 0.15) is 0 Å². The molecule has 0 aromatic rings. The van der Waals surface area contributed by atoms with E-state index in [2.05, 4.69) is 0 Å². The third-order valence-corrected chi connectivity index (χ3v) is 0. The number of rotatable bonds is 0. The molecule has 0 atom stereocenters. The van der Waals surface area contributed by atoms with Gasteiger partial charge < -0.3 is 44.1 Å². The molecule has 0 rings (SSSR count). The lowest BCUT2D eigenvalue weighted by Gasteiger charge is -1.91. The first-order valence-corrected chi connectivity index (χ1v) is 5.68. The van der Waals surface area contributed by atoms with Crippen molar-refractivity contribution in [1.82, 2.24) is 0 Å². The molecule has 0 aromatic carbocycles. The summed E-state index contributed by atoms with van der Waals surface area (Å²) in [5.41, 5.74) is 0. The number of phosphoric acid groups is 1. The zero-order valence-corrected chi connectivity index (χ0v) is 8.18. The Bertz CT molecular complexity index is 168. The molecule has 0 radical (unpaired) electrons. The van der Waals surface area contributed by atoms with Crippen LogP contribution in [-0.2, 0) is 4.57 Å². The maximum atomic E-state index is 8.88. The van der Waals surface area contributed by atoms with Gasteiger partial charge in [-0.25, -0.2) is 9.36 Å². The average molecular weight is 256 g/mol. The Morgan fingerprint density at radius 3 is 0.929 bits per heavy atom. The summed E-state index contributed by atoms with van der Waals surface area (Å²) in [4.78, 5) is 59.4. The quantitative estimate of drug-likeness (QED) is 0.154. The van der Waals surface area contributed by atoms with E-state index in [9.17, 15) is 0 Å². The first kappa shape index (κ1) is 19.1. The molecule has 0 spiro atoms. The summed E-state index contributed by atoms with van der Waals surface area (Å²) in [7, 11) is -9.25. The fourth-order valence-electron chi connectivity index (χ4n) is 0. The fraction of sp³-hybridized carbons (Fsp3) is 0. The van der Waals surface area contributed by atoms with Gasteiger partial charge in [-0.3, -0.25) is 0 Å². The summed E-state index contributed by atoms with van der Waals surface area (Å²) in [6.07, 6.45) is -1.83. The van der Waals surface area contributed by atoms with Crippen molar-refractivity contribution < 1.29 is 53.4 Å². The number of carboxylic acid groups (broad SMARTS) is 2. The second kappa shape index (κ2) is 7.81. The van der Waals surface area contributed by atoms with E-state index in [-0.39, 0.29) is 0 Å². The molecule has 0 saturated heterocycles. The minimum atomic E-state index is -4.64. The van der Waals surface area contributed by atoms with Crippen LogP contribution in [0.5, 0.6) is 0 Å². The van der Waals surface area contributed by atoms with E-state index in [0.717, 1.165) is 0 Å². The monoisotopic (exact) mass is 256 g/mol. The van der Waals surface area contributed by atoms with Crippen molar-refractivity contribution in [3.63, 3.8) is 0 Å².